The lowest BCUT2D eigenvalue weighted by Gasteiger charge is -2.04. The first kappa shape index (κ1) is 13.3. The normalized spacial score (nSPS) is 10.6. The first-order valence-electron chi connectivity index (χ1n) is 5.00. The van der Waals surface area contributed by atoms with Crippen LogP contribution in [0, 0.1) is 11.6 Å². The Morgan fingerprint density at radius 2 is 2.16 bits per heavy atom. The zero-order valence-electron chi connectivity index (χ0n) is 9.38. The molecule has 0 aliphatic heterocycles. The topological polar surface area (TPSA) is 94.0 Å². The van der Waals surface area contributed by atoms with Crippen LogP contribution in [0.25, 0.3) is 11.4 Å². The number of thioether (sulfide) groups is 1. The van der Waals surface area contributed by atoms with Crippen LogP contribution in [0.2, 0.25) is 0 Å². The van der Waals surface area contributed by atoms with Crippen LogP contribution in [-0.4, -0.2) is 31.7 Å². The molecule has 9 heteroatoms. The summed E-state index contributed by atoms with van der Waals surface area (Å²) in [4.78, 5) is 10.4. The van der Waals surface area contributed by atoms with E-state index in [0.29, 0.717) is 0 Å². The highest BCUT2D eigenvalue weighted by molar-refractivity contribution is 7.99. The average molecular weight is 286 g/mol. The third-order valence-electron chi connectivity index (χ3n) is 2.18. The van der Waals surface area contributed by atoms with Crippen LogP contribution in [0.5, 0.6) is 0 Å². The number of benzene rings is 1. The van der Waals surface area contributed by atoms with Gasteiger partial charge in [-0.1, -0.05) is 17.8 Å². The maximum Gasteiger partial charge on any atom is 0.313 e. The highest BCUT2D eigenvalue weighted by Gasteiger charge is 2.18. The van der Waals surface area contributed by atoms with Gasteiger partial charge < -0.3 is 10.9 Å². The van der Waals surface area contributed by atoms with Crippen molar-refractivity contribution in [1.29, 1.82) is 0 Å². The number of nitrogens with two attached hydrogens (primary N) is 1. The molecule has 0 atom stereocenters. The number of rotatable bonds is 4. The Balaban J connectivity index is 2.36. The Labute approximate surface area is 110 Å². The summed E-state index contributed by atoms with van der Waals surface area (Å²) in [6, 6.07) is 3.58. The van der Waals surface area contributed by atoms with Crippen LogP contribution in [0.15, 0.2) is 23.4 Å². The van der Waals surface area contributed by atoms with Gasteiger partial charge in [0.05, 0.1) is 11.3 Å². The quantitative estimate of drug-likeness (QED) is 0.646. The Morgan fingerprint density at radius 1 is 1.42 bits per heavy atom. The zero-order valence-corrected chi connectivity index (χ0v) is 10.2. The number of carbonyl (C=O) groups is 1. The van der Waals surface area contributed by atoms with Crippen LogP contribution in [-0.2, 0) is 4.79 Å². The molecule has 6 nitrogen and oxygen atoms in total. The molecule has 100 valence electrons. The van der Waals surface area contributed by atoms with E-state index in [0.717, 1.165) is 22.5 Å². The summed E-state index contributed by atoms with van der Waals surface area (Å²) in [5.74, 6) is 2.12. The van der Waals surface area contributed by atoms with Gasteiger partial charge in [-0.3, -0.25) is 4.79 Å². The molecule has 19 heavy (non-hydrogen) atoms. The molecule has 2 rings (SSSR count). The van der Waals surface area contributed by atoms with Crippen LogP contribution in [0.1, 0.15) is 0 Å². The molecule has 0 fully saturated rings. The Bertz CT molecular complexity index is 632. The lowest BCUT2D eigenvalue weighted by atomic mass is 10.2. The zero-order chi connectivity index (χ0) is 14.0. The van der Waals surface area contributed by atoms with Crippen molar-refractivity contribution in [2.24, 2.45) is 0 Å². The van der Waals surface area contributed by atoms with Gasteiger partial charge >= 0.3 is 5.97 Å². The minimum atomic E-state index is -1.09. The highest BCUT2D eigenvalue weighted by atomic mass is 32.2. The predicted molar refractivity (Wildman–Crippen MR) is 63.9 cm³/mol. The lowest BCUT2D eigenvalue weighted by Crippen LogP contribution is -2.13. The molecule has 0 radical (unpaired) electrons. The summed E-state index contributed by atoms with van der Waals surface area (Å²) in [5, 5.41) is 15.9. The van der Waals surface area contributed by atoms with E-state index in [9.17, 15) is 13.6 Å². The van der Waals surface area contributed by atoms with Gasteiger partial charge in [-0.2, -0.15) is 0 Å². The number of nitrogens with zero attached hydrogens (tertiary/aromatic N) is 3. The third kappa shape index (κ3) is 2.65. The van der Waals surface area contributed by atoms with Crippen LogP contribution < -0.4 is 5.84 Å². The first-order valence-corrected chi connectivity index (χ1v) is 5.98. The van der Waals surface area contributed by atoms with Crippen LogP contribution in [0.3, 0.4) is 0 Å². The summed E-state index contributed by atoms with van der Waals surface area (Å²) < 4.78 is 27.6. The second-order valence-electron chi connectivity index (χ2n) is 3.46. The SMILES string of the molecule is Nn1c(SCC(=O)O)nnc1-c1cccc(F)c1F. The largest absolute Gasteiger partial charge is 0.481 e. The molecule has 0 aliphatic carbocycles. The van der Waals surface area contributed by atoms with Gasteiger partial charge in [0.15, 0.2) is 17.5 Å². The summed E-state index contributed by atoms with van der Waals surface area (Å²) in [6.07, 6.45) is 0. The van der Waals surface area contributed by atoms with Crippen molar-refractivity contribution < 1.29 is 18.7 Å². The van der Waals surface area contributed by atoms with Gasteiger partial charge in [-0.05, 0) is 12.1 Å². The van der Waals surface area contributed by atoms with E-state index in [1.54, 1.807) is 0 Å². The molecule has 0 spiro atoms. The number of carboxylic acids is 1. The fourth-order valence-electron chi connectivity index (χ4n) is 1.36. The van der Waals surface area contributed by atoms with E-state index in [1.165, 1.54) is 12.1 Å². The third-order valence-corrected chi connectivity index (χ3v) is 3.11. The van der Waals surface area contributed by atoms with E-state index < -0.39 is 17.6 Å². The van der Waals surface area contributed by atoms with E-state index in [-0.39, 0.29) is 22.3 Å². The molecule has 1 aromatic heterocycles. The highest BCUT2D eigenvalue weighted by Crippen LogP contribution is 2.24. The van der Waals surface area contributed by atoms with E-state index in [2.05, 4.69) is 10.2 Å². The number of carboxylic acid groups (broad SMARTS) is 1. The minimum Gasteiger partial charge on any atom is -0.481 e. The number of aliphatic carboxylic acids is 1. The lowest BCUT2D eigenvalue weighted by molar-refractivity contribution is -0.133. The van der Waals surface area contributed by atoms with Gasteiger partial charge in [0.2, 0.25) is 5.16 Å². The van der Waals surface area contributed by atoms with Crippen molar-refractivity contribution in [3.05, 3.63) is 29.8 Å². The summed E-state index contributed by atoms with van der Waals surface area (Å²) in [5.41, 5.74) is -0.142. The number of hydrogen-bond donors (Lipinski definition) is 2. The van der Waals surface area contributed by atoms with Gasteiger partial charge in [0.1, 0.15) is 0 Å². The van der Waals surface area contributed by atoms with Crippen molar-refractivity contribution in [2.75, 3.05) is 11.6 Å². The fraction of sp³-hybridized carbons (Fsp3) is 0.100. The van der Waals surface area contributed by atoms with Crippen molar-refractivity contribution in [1.82, 2.24) is 14.9 Å². The van der Waals surface area contributed by atoms with Crippen molar-refractivity contribution in [2.45, 2.75) is 5.16 Å². The summed E-state index contributed by atoms with van der Waals surface area (Å²) in [6.45, 7) is 0. The predicted octanol–water partition coefficient (Wildman–Crippen LogP) is 1.11. The number of nitrogen functional groups attached to an aromatic ring is 1. The fourth-order valence-corrected chi connectivity index (χ4v) is 1.94. The molecular weight excluding hydrogens is 278 g/mol. The monoisotopic (exact) mass is 286 g/mol. The van der Waals surface area contributed by atoms with Gasteiger partial charge in [-0.15, -0.1) is 10.2 Å². The molecule has 1 heterocycles. The molecule has 2 aromatic rings. The molecule has 0 saturated heterocycles. The Kier molecular flexibility index (Phi) is 3.65. The Morgan fingerprint density at radius 3 is 2.84 bits per heavy atom. The smallest absolute Gasteiger partial charge is 0.313 e. The van der Waals surface area contributed by atoms with Crippen molar-refractivity contribution in [3.63, 3.8) is 0 Å². The van der Waals surface area contributed by atoms with Crippen LogP contribution in [0.4, 0.5) is 8.78 Å². The number of halogens is 2. The number of aromatic nitrogens is 3. The van der Waals surface area contributed by atoms with Crippen LogP contribution >= 0.6 is 11.8 Å². The summed E-state index contributed by atoms with van der Waals surface area (Å²) in [7, 11) is 0. The second-order valence-corrected chi connectivity index (χ2v) is 4.40. The average Bonchev–Trinajstić information content (AvgIpc) is 2.72. The number of hydrogen-bond acceptors (Lipinski definition) is 5. The molecule has 0 unspecified atom stereocenters. The Hall–Kier alpha value is -2.16. The molecule has 0 bridgehead atoms. The van der Waals surface area contributed by atoms with Gasteiger partial charge in [0.25, 0.3) is 0 Å². The molecular formula is C10H8F2N4O2S. The maximum absolute atomic E-state index is 13.6. The van der Waals surface area contributed by atoms with E-state index >= 15 is 0 Å². The first-order chi connectivity index (χ1) is 9.00. The molecule has 0 amide bonds. The van der Waals surface area contributed by atoms with Gasteiger partial charge in [0, 0.05) is 0 Å². The molecule has 1 aromatic carbocycles. The maximum atomic E-state index is 13.6. The van der Waals surface area contributed by atoms with E-state index in [1.807, 2.05) is 0 Å². The molecule has 3 N–H and O–H groups in total. The van der Waals surface area contributed by atoms with E-state index in [4.69, 9.17) is 10.9 Å². The summed E-state index contributed by atoms with van der Waals surface area (Å²) >= 11 is 0.829. The minimum absolute atomic E-state index is 0.0788. The standard InChI is InChI=1S/C10H8F2N4O2S/c11-6-3-1-2-5(8(6)12)9-14-15-10(16(9)13)19-4-7(17)18/h1-3H,4,13H2,(H,17,18). The van der Waals surface area contributed by atoms with Gasteiger partial charge in [-0.25, -0.2) is 13.5 Å². The van der Waals surface area contributed by atoms with Crippen molar-refractivity contribution in [3.8, 4) is 11.4 Å². The van der Waals surface area contributed by atoms with Crippen molar-refractivity contribution >= 4 is 17.7 Å². The second kappa shape index (κ2) is 5.22. The molecule has 0 saturated carbocycles. The molecule has 0 aliphatic rings.